The number of phenolic OH excluding ortho intramolecular Hbond substituents is 1. The topological polar surface area (TPSA) is 111 Å². The summed E-state index contributed by atoms with van der Waals surface area (Å²) >= 11 is 0. The van der Waals surface area contributed by atoms with Crippen molar-refractivity contribution in [2.45, 2.75) is 26.7 Å². The van der Waals surface area contributed by atoms with Crippen LogP contribution in [0.15, 0.2) is 24.3 Å². The van der Waals surface area contributed by atoms with Gasteiger partial charge in [0.1, 0.15) is 5.75 Å². The van der Waals surface area contributed by atoms with Gasteiger partial charge in [-0.05, 0) is 25.0 Å². The molecule has 27 heavy (non-hydrogen) atoms. The minimum Gasteiger partial charge on any atom is -0.506 e. The summed E-state index contributed by atoms with van der Waals surface area (Å²) in [6.45, 7) is 5.36. The third-order valence-corrected chi connectivity index (χ3v) is 4.54. The molecule has 1 fully saturated rings. The first-order chi connectivity index (χ1) is 12.9. The normalized spacial score (nSPS) is 14.7. The van der Waals surface area contributed by atoms with E-state index in [0.717, 1.165) is 0 Å². The van der Waals surface area contributed by atoms with Gasteiger partial charge in [-0.1, -0.05) is 26.0 Å². The summed E-state index contributed by atoms with van der Waals surface area (Å²) in [6.07, 6.45) is 1.13. The monoisotopic (exact) mass is 376 g/mol. The van der Waals surface area contributed by atoms with Crippen LogP contribution >= 0.6 is 0 Å². The molecule has 1 aromatic rings. The molecule has 1 saturated heterocycles. The average Bonchev–Trinajstić information content (AvgIpc) is 2.66. The van der Waals surface area contributed by atoms with Crippen molar-refractivity contribution in [3.8, 4) is 5.75 Å². The van der Waals surface area contributed by atoms with Crippen molar-refractivity contribution in [3.63, 3.8) is 0 Å². The van der Waals surface area contributed by atoms with Crippen LogP contribution in [-0.2, 0) is 9.59 Å². The first-order valence-corrected chi connectivity index (χ1v) is 9.28. The third kappa shape index (κ3) is 6.16. The van der Waals surface area contributed by atoms with Crippen molar-refractivity contribution in [1.82, 2.24) is 15.5 Å². The van der Waals surface area contributed by atoms with Crippen LogP contribution in [-0.4, -0.2) is 54.0 Å². The zero-order chi connectivity index (χ0) is 19.8. The molecule has 0 spiro atoms. The minimum absolute atomic E-state index is 0.0345. The Balaban J connectivity index is 1.70. The van der Waals surface area contributed by atoms with Crippen molar-refractivity contribution >= 4 is 23.5 Å². The van der Waals surface area contributed by atoms with E-state index < -0.39 is 0 Å². The Labute approximate surface area is 159 Å². The summed E-state index contributed by atoms with van der Waals surface area (Å²) in [4.78, 5) is 37.6. The van der Waals surface area contributed by atoms with Crippen molar-refractivity contribution < 1.29 is 19.5 Å². The van der Waals surface area contributed by atoms with Gasteiger partial charge in [-0.2, -0.15) is 0 Å². The Morgan fingerprint density at radius 1 is 1.11 bits per heavy atom. The first-order valence-electron chi connectivity index (χ1n) is 9.28. The molecule has 0 aliphatic carbocycles. The fourth-order valence-electron chi connectivity index (χ4n) is 2.83. The zero-order valence-electron chi connectivity index (χ0n) is 15.8. The number of nitrogens with one attached hydrogen (secondary N) is 3. The lowest BCUT2D eigenvalue weighted by atomic mass is 9.96. The highest BCUT2D eigenvalue weighted by atomic mass is 16.3. The molecule has 1 aromatic carbocycles. The van der Waals surface area contributed by atoms with Gasteiger partial charge < -0.3 is 26.0 Å². The molecule has 4 N–H and O–H groups in total. The van der Waals surface area contributed by atoms with Gasteiger partial charge in [-0.3, -0.25) is 9.59 Å². The second-order valence-corrected chi connectivity index (χ2v) is 6.95. The fourth-order valence-corrected chi connectivity index (χ4v) is 2.83. The third-order valence-electron chi connectivity index (χ3n) is 4.54. The average molecular weight is 376 g/mol. The lowest BCUT2D eigenvalue weighted by Crippen LogP contribution is -2.47. The molecule has 1 aliphatic rings. The van der Waals surface area contributed by atoms with Gasteiger partial charge >= 0.3 is 6.03 Å². The molecular formula is C19H28N4O4. The number of aromatic hydroxyl groups is 1. The number of rotatable bonds is 6. The summed E-state index contributed by atoms with van der Waals surface area (Å²) < 4.78 is 0. The number of likely N-dealkylation sites (tertiary alicyclic amines) is 1. The highest BCUT2D eigenvalue weighted by Gasteiger charge is 2.27. The Morgan fingerprint density at radius 2 is 1.74 bits per heavy atom. The van der Waals surface area contributed by atoms with E-state index in [1.54, 1.807) is 23.1 Å². The van der Waals surface area contributed by atoms with E-state index in [9.17, 15) is 19.5 Å². The van der Waals surface area contributed by atoms with Crippen LogP contribution in [0.3, 0.4) is 0 Å². The van der Waals surface area contributed by atoms with E-state index >= 15 is 0 Å². The van der Waals surface area contributed by atoms with Crippen LogP contribution in [0.25, 0.3) is 0 Å². The molecule has 0 saturated carbocycles. The molecule has 1 heterocycles. The summed E-state index contributed by atoms with van der Waals surface area (Å²) in [5, 5.41) is 18.0. The molecule has 8 heteroatoms. The van der Waals surface area contributed by atoms with Gasteiger partial charge in [0, 0.05) is 38.0 Å². The Bertz CT molecular complexity index is 669. The highest BCUT2D eigenvalue weighted by Crippen LogP contribution is 2.24. The van der Waals surface area contributed by atoms with Crippen LogP contribution in [0.1, 0.15) is 26.7 Å². The molecule has 148 valence electrons. The molecule has 2 rings (SSSR count). The summed E-state index contributed by atoms with van der Waals surface area (Å²) in [7, 11) is 0. The quantitative estimate of drug-likeness (QED) is 0.446. The summed E-state index contributed by atoms with van der Waals surface area (Å²) in [5.41, 5.74) is 0.395. The summed E-state index contributed by atoms with van der Waals surface area (Å²) in [6, 6.07) is 6.41. The largest absolute Gasteiger partial charge is 0.506 e. The SMILES string of the molecule is CC(C)C(=O)NCCNC(=O)N1CCC(C(=O)Nc2ccccc2O)CC1. The van der Waals surface area contributed by atoms with E-state index in [2.05, 4.69) is 16.0 Å². The number of urea groups is 1. The van der Waals surface area contributed by atoms with Gasteiger partial charge in [-0.25, -0.2) is 4.79 Å². The van der Waals surface area contributed by atoms with E-state index in [4.69, 9.17) is 0 Å². The van der Waals surface area contributed by atoms with E-state index in [0.29, 0.717) is 44.7 Å². The van der Waals surface area contributed by atoms with Crippen molar-refractivity contribution in [3.05, 3.63) is 24.3 Å². The number of phenols is 1. The number of hydrogen-bond donors (Lipinski definition) is 4. The van der Waals surface area contributed by atoms with Crippen LogP contribution < -0.4 is 16.0 Å². The maximum atomic E-state index is 12.3. The minimum atomic E-state index is -0.195. The lowest BCUT2D eigenvalue weighted by molar-refractivity contribution is -0.124. The smallest absolute Gasteiger partial charge is 0.317 e. The van der Waals surface area contributed by atoms with Crippen molar-refractivity contribution in [1.29, 1.82) is 0 Å². The first kappa shape index (κ1) is 20.5. The van der Waals surface area contributed by atoms with E-state index in [-0.39, 0.29) is 35.4 Å². The predicted octanol–water partition coefficient (Wildman–Crippen LogP) is 1.52. The fraction of sp³-hybridized carbons (Fsp3) is 0.526. The number of carbonyl (C=O) groups is 3. The van der Waals surface area contributed by atoms with E-state index in [1.165, 1.54) is 6.07 Å². The molecule has 0 radical (unpaired) electrons. The number of amides is 4. The van der Waals surface area contributed by atoms with Gasteiger partial charge in [0.05, 0.1) is 5.69 Å². The second kappa shape index (κ2) is 9.80. The number of anilines is 1. The standard InChI is InChI=1S/C19H28N4O4/c1-13(2)17(25)20-9-10-21-19(27)23-11-7-14(8-12-23)18(26)22-15-5-3-4-6-16(15)24/h3-6,13-14,24H,7-12H2,1-2H3,(H,20,25)(H,21,27)(H,22,26). The van der Waals surface area contributed by atoms with Crippen LogP contribution in [0.4, 0.5) is 10.5 Å². The van der Waals surface area contributed by atoms with Crippen LogP contribution in [0, 0.1) is 11.8 Å². The number of hydrogen-bond acceptors (Lipinski definition) is 4. The maximum absolute atomic E-state index is 12.3. The number of para-hydroxylation sites is 2. The lowest BCUT2D eigenvalue weighted by Gasteiger charge is -2.31. The molecular weight excluding hydrogens is 348 g/mol. The van der Waals surface area contributed by atoms with Crippen molar-refractivity contribution in [2.75, 3.05) is 31.5 Å². The predicted molar refractivity (Wildman–Crippen MR) is 102 cm³/mol. The molecule has 0 atom stereocenters. The Kier molecular flexibility index (Phi) is 7.45. The Hall–Kier alpha value is -2.77. The highest BCUT2D eigenvalue weighted by molar-refractivity contribution is 5.94. The van der Waals surface area contributed by atoms with Crippen LogP contribution in [0.2, 0.25) is 0 Å². The zero-order valence-corrected chi connectivity index (χ0v) is 15.8. The van der Waals surface area contributed by atoms with Gasteiger partial charge in [-0.15, -0.1) is 0 Å². The van der Waals surface area contributed by atoms with E-state index in [1.807, 2.05) is 13.8 Å². The molecule has 0 bridgehead atoms. The molecule has 4 amide bonds. The summed E-state index contributed by atoms with van der Waals surface area (Å²) in [5.74, 6) is -0.427. The maximum Gasteiger partial charge on any atom is 0.317 e. The van der Waals surface area contributed by atoms with Gasteiger partial charge in [0.25, 0.3) is 0 Å². The second-order valence-electron chi connectivity index (χ2n) is 6.95. The number of piperidine rings is 1. The number of benzene rings is 1. The molecule has 0 aromatic heterocycles. The van der Waals surface area contributed by atoms with Crippen LogP contribution in [0.5, 0.6) is 5.75 Å². The van der Waals surface area contributed by atoms with Gasteiger partial charge in [0.15, 0.2) is 0 Å². The molecule has 8 nitrogen and oxygen atoms in total. The molecule has 1 aliphatic heterocycles. The van der Waals surface area contributed by atoms with Crippen molar-refractivity contribution in [2.24, 2.45) is 11.8 Å². The number of nitrogens with zero attached hydrogens (tertiary/aromatic N) is 1. The number of carbonyl (C=O) groups excluding carboxylic acids is 3. The Morgan fingerprint density at radius 3 is 2.37 bits per heavy atom. The van der Waals surface area contributed by atoms with Gasteiger partial charge in [0.2, 0.25) is 11.8 Å². The molecule has 0 unspecified atom stereocenters.